The lowest BCUT2D eigenvalue weighted by molar-refractivity contribution is -0.138. The van der Waals surface area contributed by atoms with E-state index in [0.717, 1.165) is 11.3 Å². The second-order valence-electron chi connectivity index (χ2n) is 4.80. The Morgan fingerprint density at radius 1 is 1.20 bits per heavy atom. The average Bonchev–Trinajstić information content (AvgIpc) is 2.39. The quantitative estimate of drug-likeness (QED) is 0.829. The van der Waals surface area contributed by atoms with Crippen LogP contribution in [0.15, 0.2) is 18.2 Å². The van der Waals surface area contributed by atoms with Gasteiger partial charge in [0.2, 0.25) is 5.91 Å². The van der Waals surface area contributed by atoms with Crippen molar-refractivity contribution in [3.63, 3.8) is 0 Å². The van der Waals surface area contributed by atoms with E-state index in [4.69, 9.17) is 9.84 Å². The topological polar surface area (TPSA) is 66.8 Å². The van der Waals surface area contributed by atoms with Crippen LogP contribution < -0.4 is 4.74 Å². The molecule has 0 aliphatic rings. The van der Waals surface area contributed by atoms with Gasteiger partial charge in [0, 0.05) is 13.6 Å². The Kier molecular flexibility index (Phi) is 6.03. The third-order valence-electron chi connectivity index (χ3n) is 3.15. The zero-order valence-corrected chi connectivity index (χ0v) is 12.2. The summed E-state index contributed by atoms with van der Waals surface area (Å²) in [7, 11) is 1.60. The normalized spacial score (nSPS) is 10.2. The molecule has 0 fully saturated rings. The van der Waals surface area contributed by atoms with E-state index in [9.17, 15) is 9.59 Å². The number of rotatable bonds is 7. The number of hydrogen-bond acceptors (Lipinski definition) is 3. The van der Waals surface area contributed by atoms with E-state index in [1.54, 1.807) is 7.05 Å². The number of ether oxygens (including phenoxy) is 1. The molecule has 5 nitrogen and oxygen atoms in total. The second-order valence-corrected chi connectivity index (χ2v) is 4.80. The molecule has 1 amide bonds. The van der Waals surface area contributed by atoms with Crippen molar-refractivity contribution >= 4 is 11.9 Å². The summed E-state index contributed by atoms with van der Waals surface area (Å²) in [6.45, 7) is 4.55. The molecular weight excluding hydrogens is 258 g/mol. The summed E-state index contributed by atoms with van der Waals surface area (Å²) in [4.78, 5) is 23.6. The lowest BCUT2D eigenvalue weighted by Crippen LogP contribution is -2.30. The van der Waals surface area contributed by atoms with Gasteiger partial charge in [-0.15, -0.1) is 0 Å². The van der Waals surface area contributed by atoms with Gasteiger partial charge in [-0.2, -0.15) is 0 Å². The molecule has 1 rings (SSSR count). The van der Waals surface area contributed by atoms with Crippen LogP contribution in [-0.4, -0.2) is 42.1 Å². The Bertz CT molecular complexity index is 485. The first-order chi connectivity index (χ1) is 9.40. The summed E-state index contributed by atoms with van der Waals surface area (Å²) in [5, 5.41) is 8.55. The van der Waals surface area contributed by atoms with Gasteiger partial charge < -0.3 is 14.7 Å². The Hall–Kier alpha value is -2.04. The van der Waals surface area contributed by atoms with Crippen molar-refractivity contribution in [2.24, 2.45) is 0 Å². The van der Waals surface area contributed by atoms with Crippen LogP contribution in [0.1, 0.15) is 24.0 Å². The maximum absolute atomic E-state index is 11.7. The molecule has 0 saturated carbocycles. The minimum absolute atomic E-state index is 0.0414. The maximum atomic E-state index is 11.7. The number of carboxylic acids is 1. The fourth-order valence-corrected chi connectivity index (χ4v) is 1.64. The molecular formula is C15H21NO4. The summed E-state index contributed by atoms with van der Waals surface area (Å²) in [6, 6.07) is 5.79. The Morgan fingerprint density at radius 3 is 2.50 bits per heavy atom. The summed E-state index contributed by atoms with van der Waals surface area (Å²) in [5.41, 5.74) is 2.34. The third kappa shape index (κ3) is 5.30. The lowest BCUT2D eigenvalue weighted by Gasteiger charge is -2.16. The highest BCUT2D eigenvalue weighted by atomic mass is 16.5. The highest BCUT2D eigenvalue weighted by Crippen LogP contribution is 2.16. The van der Waals surface area contributed by atoms with Gasteiger partial charge in [0.15, 0.2) is 0 Å². The van der Waals surface area contributed by atoms with Crippen LogP contribution in [0, 0.1) is 13.8 Å². The van der Waals surface area contributed by atoms with Crippen LogP contribution in [0.5, 0.6) is 5.75 Å². The second kappa shape index (κ2) is 7.53. The first-order valence-electron chi connectivity index (χ1n) is 6.56. The standard InChI is InChI=1S/C15H21NO4/c1-11-4-5-13(10-12(11)2)20-9-7-14(17)16(3)8-6-15(18)19/h4-5,10H,6-9H2,1-3H3,(H,18,19). The minimum atomic E-state index is -0.906. The van der Waals surface area contributed by atoms with E-state index in [2.05, 4.69) is 0 Å². The number of carboxylic acid groups (broad SMARTS) is 1. The molecule has 110 valence electrons. The zero-order chi connectivity index (χ0) is 15.1. The molecule has 0 bridgehead atoms. The number of hydrogen-bond donors (Lipinski definition) is 1. The predicted octanol–water partition coefficient (Wildman–Crippen LogP) is 2.01. The first-order valence-corrected chi connectivity index (χ1v) is 6.56. The fourth-order valence-electron chi connectivity index (χ4n) is 1.64. The number of carbonyl (C=O) groups excluding carboxylic acids is 1. The van der Waals surface area contributed by atoms with E-state index < -0.39 is 5.97 Å². The average molecular weight is 279 g/mol. The van der Waals surface area contributed by atoms with Crippen LogP contribution in [0.3, 0.4) is 0 Å². The molecule has 0 aromatic heterocycles. The van der Waals surface area contributed by atoms with Gasteiger partial charge in [0.25, 0.3) is 0 Å². The molecule has 0 radical (unpaired) electrons. The van der Waals surface area contributed by atoms with Crippen LogP contribution in [-0.2, 0) is 9.59 Å². The third-order valence-corrected chi connectivity index (χ3v) is 3.15. The molecule has 0 saturated heterocycles. The largest absolute Gasteiger partial charge is 0.493 e. The van der Waals surface area contributed by atoms with Gasteiger partial charge in [0.05, 0.1) is 19.4 Å². The number of benzene rings is 1. The Balaban J connectivity index is 2.34. The van der Waals surface area contributed by atoms with E-state index >= 15 is 0 Å². The molecule has 0 unspecified atom stereocenters. The van der Waals surface area contributed by atoms with Crippen LogP contribution in [0.25, 0.3) is 0 Å². The van der Waals surface area contributed by atoms with Gasteiger partial charge in [-0.1, -0.05) is 6.07 Å². The van der Waals surface area contributed by atoms with Crippen molar-refractivity contribution in [2.45, 2.75) is 26.7 Å². The molecule has 1 aromatic carbocycles. The van der Waals surface area contributed by atoms with Crippen molar-refractivity contribution < 1.29 is 19.4 Å². The highest BCUT2D eigenvalue weighted by Gasteiger charge is 2.10. The number of aliphatic carboxylic acids is 1. The van der Waals surface area contributed by atoms with Gasteiger partial charge in [-0.3, -0.25) is 9.59 Å². The molecule has 0 spiro atoms. The van der Waals surface area contributed by atoms with E-state index in [0.29, 0.717) is 6.61 Å². The number of amides is 1. The minimum Gasteiger partial charge on any atom is -0.493 e. The van der Waals surface area contributed by atoms with Crippen LogP contribution >= 0.6 is 0 Å². The van der Waals surface area contributed by atoms with E-state index in [-0.39, 0.29) is 25.3 Å². The van der Waals surface area contributed by atoms with Gasteiger partial charge >= 0.3 is 5.97 Å². The maximum Gasteiger partial charge on any atom is 0.305 e. The van der Waals surface area contributed by atoms with Crippen molar-refractivity contribution in [3.05, 3.63) is 29.3 Å². The lowest BCUT2D eigenvalue weighted by atomic mass is 10.1. The van der Waals surface area contributed by atoms with Crippen molar-refractivity contribution in [3.8, 4) is 5.75 Å². The van der Waals surface area contributed by atoms with E-state index in [1.165, 1.54) is 10.5 Å². The summed E-state index contributed by atoms with van der Waals surface area (Å²) in [5.74, 6) is -0.278. The molecule has 5 heteroatoms. The first kappa shape index (κ1) is 16.0. The molecule has 1 N–H and O–H groups in total. The van der Waals surface area contributed by atoms with Crippen molar-refractivity contribution in [2.75, 3.05) is 20.2 Å². The smallest absolute Gasteiger partial charge is 0.305 e. The van der Waals surface area contributed by atoms with E-state index in [1.807, 2.05) is 32.0 Å². The number of aryl methyl sites for hydroxylation is 2. The predicted molar refractivity (Wildman–Crippen MR) is 75.9 cm³/mol. The molecule has 0 aliphatic heterocycles. The number of nitrogens with zero attached hydrogens (tertiary/aromatic N) is 1. The molecule has 1 aromatic rings. The Labute approximate surface area is 119 Å². The fraction of sp³-hybridized carbons (Fsp3) is 0.467. The van der Waals surface area contributed by atoms with Crippen LogP contribution in [0.4, 0.5) is 0 Å². The van der Waals surface area contributed by atoms with Crippen LogP contribution in [0.2, 0.25) is 0 Å². The highest BCUT2D eigenvalue weighted by molar-refractivity contribution is 5.76. The summed E-state index contributed by atoms with van der Waals surface area (Å²) in [6.07, 6.45) is 0.198. The molecule has 0 heterocycles. The van der Waals surface area contributed by atoms with Gasteiger partial charge in [-0.25, -0.2) is 0 Å². The van der Waals surface area contributed by atoms with Gasteiger partial charge in [-0.05, 0) is 37.1 Å². The zero-order valence-electron chi connectivity index (χ0n) is 12.2. The van der Waals surface area contributed by atoms with Crippen molar-refractivity contribution in [1.29, 1.82) is 0 Å². The van der Waals surface area contributed by atoms with Crippen molar-refractivity contribution in [1.82, 2.24) is 4.90 Å². The van der Waals surface area contributed by atoms with Gasteiger partial charge in [0.1, 0.15) is 5.75 Å². The molecule has 20 heavy (non-hydrogen) atoms. The summed E-state index contributed by atoms with van der Waals surface area (Å²) < 4.78 is 5.52. The Morgan fingerprint density at radius 2 is 1.90 bits per heavy atom. The summed E-state index contributed by atoms with van der Waals surface area (Å²) >= 11 is 0. The molecule has 0 atom stereocenters. The molecule has 0 aliphatic carbocycles. The monoisotopic (exact) mass is 279 g/mol. The SMILES string of the molecule is Cc1ccc(OCCC(=O)N(C)CCC(=O)O)cc1C. The number of carbonyl (C=O) groups is 2.